The van der Waals surface area contributed by atoms with Gasteiger partial charge in [-0.2, -0.15) is 0 Å². The molecule has 1 aliphatic rings. The predicted molar refractivity (Wildman–Crippen MR) is 82.6 cm³/mol. The van der Waals surface area contributed by atoms with E-state index in [4.69, 9.17) is 4.74 Å². The Morgan fingerprint density at radius 3 is 3.10 bits per heavy atom. The van der Waals surface area contributed by atoms with Crippen molar-refractivity contribution in [3.05, 3.63) is 45.4 Å². The fourth-order valence-corrected chi connectivity index (χ4v) is 3.67. The van der Waals surface area contributed by atoms with Crippen LogP contribution in [0.3, 0.4) is 0 Å². The zero-order valence-electron chi connectivity index (χ0n) is 12.0. The molecule has 4 heteroatoms. The number of rotatable bonds is 4. The van der Waals surface area contributed by atoms with E-state index in [9.17, 15) is 0 Å². The molecule has 2 aromatic rings. The Kier molecular flexibility index (Phi) is 4.03. The maximum absolute atomic E-state index is 5.96. The average molecular weight is 288 g/mol. The molecule has 1 N–H and O–H groups in total. The van der Waals surface area contributed by atoms with Crippen LogP contribution in [-0.4, -0.2) is 18.1 Å². The number of aromatic nitrogens is 1. The summed E-state index contributed by atoms with van der Waals surface area (Å²) in [5.41, 5.74) is 5.61. The van der Waals surface area contributed by atoms with Gasteiger partial charge >= 0.3 is 0 Å². The van der Waals surface area contributed by atoms with Gasteiger partial charge in [-0.05, 0) is 31.9 Å². The lowest BCUT2D eigenvalue weighted by Crippen LogP contribution is -2.23. The third-order valence-electron chi connectivity index (χ3n) is 3.73. The van der Waals surface area contributed by atoms with Gasteiger partial charge in [-0.3, -0.25) is 0 Å². The second kappa shape index (κ2) is 5.94. The Labute approximate surface area is 124 Å². The van der Waals surface area contributed by atoms with Crippen molar-refractivity contribution in [1.82, 2.24) is 10.3 Å². The summed E-state index contributed by atoms with van der Waals surface area (Å²) in [6.07, 6.45) is 2.23. The van der Waals surface area contributed by atoms with E-state index in [1.165, 1.54) is 16.0 Å². The van der Waals surface area contributed by atoms with Crippen LogP contribution in [-0.2, 0) is 6.42 Å². The highest BCUT2D eigenvalue weighted by Crippen LogP contribution is 2.37. The van der Waals surface area contributed by atoms with E-state index in [2.05, 4.69) is 42.3 Å². The highest BCUT2D eigenvalue weighted by Gasteiger charge is 2.24. The number of benzene rings is 1. The SMILES string of the molecule is CCNC(c1cccc2c1OCCC2)c1scnc1C. The highest BCUT2D eigenvalue weighted by atomic mass is 32.1. The fourth-order valence-electron chi connectivity index (χ4n) is 2.78. The smallest absolute Gasteiger partial charge is 0.127 e. The average Bonchev–Trinajstić information content (AvgIpc) is 2.90. The topological polar surface area (TPSA) is 34.1 Å². The lowest BCUT2D eigenvalue weighted by molar-refractivity contribution is 0.283. The number of nitrogens with zero attached hydrogens (tertiary/aromatic N) is 1. The number of fused-ring (bicyclic) bond motifs is 1. The number of hydrogen-bond acceptors (Lipinski definition) is 4. The van der Waals surface area contributed by atoms with Crippen molar-refractivity contribution < 1.29 is 4.74 Å². The number of thiazole rings is 1. The Morgan fingerprint density at radius 2 is 2.35 bits per heavy atom. The van der Waals surface area contributed by atoms with E-state index in [1.807, 2.05) is 5.51 Å². The van der Waals surface area contributed by atoms with Gasteiger partial charge in [0.15, 0.2) is 0 Å². The maximum Gasteiger partial charge on any atom is 0.127 e. The summed E-state index contributed by atoms with van der Waals surface area (Å²) >= 11 is 1.71. The lowest BCUT2D eigenvalue weighted by atomic mass is 9.96. The molecule has 1 unspecified atom stereocenters. The number of nitrogens with one attached hydrogen (secondary N) is 1. The van der Waals surface area contributed by atoms with E-state index in [-0.39, 0.29) is 6.04 Å². The minimum absolute atomic E-state index is 0.181. The quantitative estimate of drug-likeness (QED) is 0.935. The van der Waals surface area contributed by atoms with Gasteiger partial charge < -0.3 is 10.1 Å². The Bertz CT molecular complexity index is 594. The number of ether oxygens (including phenoxy) is 1. The van der Waals surface area contributed by atoms with Gasteiger partial charge in [0.2, 0.25) is 0 Å². The van der Waals surface area contributed by atoms with Crippen molar-refractivity contribution in [2.24, 2.45) is 0 Å². The molecule has 20 heavy (non-hydrogen) atoms. The zero-order chi connectivity index (χ0) is 13.9. The number of aryl methyl sites for hydroxylation is 2. The highest BCUT2D eigenvalue weighted by molar-refractivity contribution is 7.09. The second-order valence-electron chi connectivity index (χ2n) is 5.08. The Morgan fingerprint density at radius 1 is 1.45 bits per heavy atom. The molecule has 2 heterocycles. The number of hydrogen-bond donors (Lipinski definition) is 1. The zero-order valence-corrected chi connectivity index (χ0v) is 12.8. The molecule has 0 spiro atoms. The molecule has 106 valence electrons. The molecule has 3 rings (SSSR count). The third-order valence-corrected chi connectivity index (χ3v) is 4.72. The van der Waals surface area contributed by atoms with E-state index in [0.29, 0.717) is 0 Å². The van der Waals surface area contributed by atoms with Crippen LogP contribution in [0.5, 0.6) is 5.75 Å². The molecule has 1 atom stereocenters. The van der Waals surface area contributed by atoms with Crippen LogP contribution in [0.15, 0.2) is 23.7 Å². The van der Waals surface area contributed by atoms with Gasteiger partial charge in [0.05, 0.1) is 23.9 Å². The van der Waals surface area contributed by atoms with Gasteiger partial charge in [-0.1, -0.05) is 25.1 Å². The molecular formula is C16H20N2OS. The molecule has 1 aromatic carbocycles. The van der Waals surface area contributed by atoms with Crippen LogP contribution in [0.1, 0.15) is 41.1 Å². The summed E-state index contributed by atoms with van der Waals surface area (Å²) in [5.74, 6) is 1.08. The van der Waals surface area contributed by atoms with Gasteiger partial charge in [-0.25, -0.2) is 4.98 Å². The first kappa shape index (κ1) is 13.6. The summed E-state index contributed by atoms with van der Waals surface area (Å²) in [6.45, 7) is 5.96. The minimum Gasteiger partial charge on any atom is -0.493 e. The van der Waals surface area contributed by atoms with Crippen LogP contribution in [0, 0.1) is 6.92 Å². The van der Waals surface area contributed by atoms with Crippen LogP contribution < -0.4 is 10.1 Å². The maximum atomic E-state index is 5.96. The molecular weight excluding hydrogens is 268 g/mol. The molecule has 0 radical (unpaired) electrons. The van der Waals surface area contributed by atoms with Crippen molar-refractivity contribution in [2.75, 3.05) is 13.2 Å². The molecule has 0 saturated heterocycles. The molecule has 0 aliphatic carbocycles. The van der Waals surface area contributed by atoms with Gasteiger partial charge in [0, 0.05) is 10.4 Å². The van der Waals surface area contributed by atoms with E-state index < -0.39 is 0 Å². The normalized spacial score (nSPS) is 15.5. The van der Waals surface area contributed by atoms with Gasteiger partial charge in [-0.15, -0.1) is 11.3 Å². The van der Waals surface area contributed by atoms with Crippen LogP contribution in [0.4, 0.5) is 0 Å². The molecule has 0 fully saturated rings. The molecule has 0 amide bonds. The summed E-state index contributed by atoms with van der Waals surface area (Å²) in [4.78, 5) is 5.68. The van der Waals surface area contributed by atoms with Crippen molar-refractivity contribution in [1.29, 1.82) is 0 Å². The van der Waals surface area contributed by atoms with E-state index >= 15 is 0 Å². The predicted octanol–water partition coefficient (Wildman–Crippen LogP) is 3.48. The first-order chi connectivity index (χ1) is 9.81. The standard InChI is InChI=1S/C16H20N2OS/c1-3-17-14(16-11(2)18-10-20-16)13-8-4-6-12-7-5-9-19-15(12)13/h4,6,8,10,14,17H,3,5,7,9H2,1-2H3. The molecule has 0 bridgehead atoms. The molecule has 1 aliphatic heterocycles. The monoisotopic (exact) mass is 288 g/mol. The minimum atomic E-state index is 0.181. The Hall–Kier alpha value is -1.39. The molecule has 1 aromatic heterocycles. The lowest BCUT2D eigenvalue weighted by Gasteiger charge is -2.25. The number of para-hydroxylation sites is 1. The fraction of sp³-hybridized carbons (Fsp3) is 0.438. The summed E-state index contributed by atoms with van der Waals surface area (Å²) < 4.78 is 5.96. The molecule has 0 saturated carbocycles. The van der Waals surface area contributed by atoms with Crippen molar-refractivity contribution in [2.45, 2.75) is 32.7 Å². The summed E-state index contributed by atoms with van der Waals surface area (Å²) in [6, 6.07) is 6.68. The molecule has 3 nitrogen and oxygen atoms in total. The van der Waals surface area contributed by atoms with Crippen molar-refractivity contribution in [3.8, 4) is 5.75 Å². The first-order valence-electron chi connectivity index (χ1n) is 7.19. The van der Waals surface area contributed by atoms with E-state index in [1.54, 1.807) is 11.3 Å². The van der Waals surface area contributed by atoms with Crippen LogP contribution in [0.2, 0.25) is 0 Å². The van der Waals surface area contributed by atoms with Crippen LogP contribution >= 0.6 is 11.3 Å². The second-order valence-corrected chi connectivity index (χ2v) is 5.97. The van der Waals surface area contributed by atoms with E-state index in [0.717, 1.165) is 37.4 Å². The largest absolute Gasteiger partial charge is 0.493 e. The van der Waals surface area contributed by atoms with Crippen molar-refractivity contribution in [3.63, 3.8) is 0 Å². The Balaban J connectivity index is 2.06. The summed E-state index contributed by atoms with van der Waals surface area (Å²) in [7, 11) is 0. The van der Waals surface area contributed by atoms with Gasteiger partial charge in [0.1, 0.15) is 5.75 Å². The van der Waals surface area contributed by atoms with Gasteiger partial charge in [0.25, 0.3) is 0 Å². The summed E-state index contributed by atoms with van der Waals surface area (Å²) in [5, 5.41) is 3.58. The van der Waals surface area contributed by atoms with Crippen LogP contribution in [0.25, 0.3) is 0 Å². The first-order valence-corrected chi connectivity index (χ1v) is 8.07. The third kappa shape index (κ3) is 2.45. The van der Waals surface area contributed by atoms with Crippen molar-refractivity contribution >= 4 is 11.3 Å².